The van der Waals surface area contributed by atoms with Crippen LogP contribution in [0.3, 0.4) is 0 Å². The molecule has 0 fully saturated rings. The van der Waals surface area contributed by atoms with E-state index in [9.17, 15) is 18.0 Å². The number of anilines is 2. The second kappa shape index (κ2) is 12.2. The van der Waals surface area contributed by atoms with Crippen molar-refractivity contribution in [2.24, 2.45) is 0 Å². The van der Waals surface area contributed by atoms with E-state index in [1.54, 1.807) is 47.1 Å². The molecule has 1 amide bonds. The molecule has 0 aliphatic rings. The van der Waals surface area contributed by atoms with E-state index >= 15 is 0 Å². The lowest BCUT2D eigenvalue weighted by Crippen LogP contribution is -2.17. The molecule has 0 bridgehead atoms. The molecule has 6 rings (SSSR count). The maximum atomic E-state index is 14.1. The van der Waals surface area contributed by atoms with Gasteiger partial charge in [0, 0.05) is 23.0 Å². The van der Waals surface area contributed by atoms with Crippen LogP contribution in [0.4, 0.5) is 11.5 Å². The van der Waals surface area contributed by atoms with Crippen molar-refractivity contribution in [1.29, 1.82) is 0 Å². The molecule has 10 heteroatoms. The molecule has 2 heterocycles. The number of para-hydroxylation sites is 1. The standard InChI is InChI=1S/C34H25N5O4S/c40-33(25-14-6-2-7-15-25)30-31(37-39(27-16-8-3-9-17-27)32(30)24-12-4-1-5-13-24)34(41)36-26-19-21-28(22-20-26)44(42,43)38-29-18-10-11-23-35-29/h1-23H,(H,35,38)(H,36,41). The molecule has 0 atom stereocenters. The van der Waals surface area contributed by atoms with Crippen LogP contribution in [0.15, 0.2) is 145 Å². The van der Waals surface area contributed by atoms with Gasteiger partial charge in [-0.25, -0.2) is 18.1 Å². The fourth-order valence-corrected chi connectivity index (χ4v) is 5.68. The Balaban J connectivity index is 1.40. The van der Waals surface area contributed by atoms with Crippen molar-refractivity contribution in [2.45, 2.75) is 4.90 Å². The number of ketones is 1. The van der Waals surface area contributed by atoms with Crippen molar-refractivity contribution in [3.63, 3.8) is 0 Å². The van der Waals surface area contributed by atoms with Gasteiger partial charge in [0.05, 0.1) is 21.8 Å². The molecule has 216 valence electrons. The summed E-state index contributed by atoms with van der Waals surface area (Å²) in [5.41, 5.74) is 2.64. The molecule has 0 spiro atoms. The van der Waals surface area contributed by atoms with Crippen LogP contribution in [0.1, 0.15) is 26.4 Å². The van der Waals surface area contributed by atoms with Gasteiger partial charge in [0.1, 0.15) is 5.82 Å². The third-order valence-electron chi connectivity index (χ3n) is 6.74. The summed E-state index contributed by atoms with van der Waals surface area (Å²) in [6.07, 6.45) is 1.48. The number of nitrogens with zero attached hydrogens (tertiary/aromatic N) is 3. The van der Waals surface area contributed by atoms with Gasteiger partial charge < -0.3 is 5.32 Å². The lowest BCUT2D eigenvalue weighted by Gasteiger charge is -2.10. The summed E-state index contributed by atoms with van der Waals surface area (Å²) in [6, 6.07) is 37.8. The number of carbonyl (C=O) groups is 2. The third kappa shape index (κ3) is 5.87. The molecule has 9 nitrogen and oxygen atoms in total. The quantitative estimate of drug-likeness (QED) is 0.190. The zero-order valence-corrected chi connectivity index (χ0v) is 24.0. The van der Waals surface area contributed by atoms with Crippen LogP contribution in [0.25, 0.3) is 16.9 Å². The van der Waals surface area contributed by atoms with Crippen molar-refractivity contribution in [3.8, 4) is 16.9 Å². The zero-order valence-electron chi connectivity index (χ0n) is 23.2. The number of sulfonamides is 1. The highest BCUT2D eigenvalue weighted by Gasteiger charge is 2.30. The van der Waals surface area contributed by atoms with Crippen LogP contribution in [0.2, 0.25) is 0 Å². The predicted octanol–water partition coefficient (Wildman–Crippen LogP) is 6.22. The van der Waals surface area contributed by atoms with Crippen molar-refractivity contribution < 1.29 is 18.0 Å². The Kier molecular flexibility index (Phi) is 7.81. The third-order valence-corrected chi connectivity index (χ3v) is 8.11. The molecule has 0 saturated carbocycles. The number of pyridine rings is 1. The second-order valence-electron chi connectivity index (χ2n) is 9.68. The van der Waals surface area contributed by atoms with Crippen LogP contribution in [0.5, 0.6) is 0 Å². The fourth-order valence-electron chi connectivity index (χ4n) is 4.67. The topological polar surface area (TPSA) is 123 Å². The van der Waals surface area contributed by atoms with Crippen molar-refractivity contribution in [3.05, 3.63) is 156 Å². The number of amides is 1. The lowest BCUT2D eigenvalue weighted by molar-refractivity contribution is 0.0993. The van der Waals surface area contributed by atoms with Gasteiger partial charge in [-0.2, -0.15) is 5.10 Å². The first kappa shape index (κ1) is 28.3. The average molecular weight is 600 g/mol. The van der Waals surface area contributed by atoms with E-state index in [0.29, 0.717) is 28.2 Å². The van der Waals surface area contributed by atoms with Gasteiger partial charge in [0.15, 0.2) is 11.5 Å². The van der Waals surface area contributed by atoms with Gasteiger partial charge >= 0.3 is 0 Å². The summed E-state index contributed by atoms with van der Waals surface area (Å²) in [6.45, 7) is 0. The predicted molar refractivity (Wildman–Crippen MR) is 168 cm³/mol. The van der Waals surface area contributed by atoms with Crippen LogP contribution in [-0.4, -0.2) is 34.9 Å². The van der Waals surface area contributed by atoms with Gasteiger partial charge in [-0.15, -0.1) is 0 Å². The Morgan fingerprint density at radius 2 is 1.30 bits per heavy atom. The largest absolute Gasteiger partial charge is 0.321 e. The van der Waals surface area contributed by atoms with Gasteiger partial charge in [-0.1, -0.05) is 84.9 Å². The Bertz CT molecular complexity index is 2030. The van der Waals surface area contributed by atoms with Crippen molar-refractivity contribution in [1.82, 2.24) is 14.8 Å². The Morgan fingerprint density at radius 1 is 0.682 bits per heavy atom. The first-order valence-corrected chi connectivity index (χ1v) is 15.1. The summed E-state index contributed by atoms with van der Waals surface area (Å²) in [4.78, 5) is 31.9. The molecule has 0 aliphatic carbocycles. The molecule has 0 saturated heterocycles. The van der Waals surface area contributed by atoms with E-state index in [4.69, 9.17) is 0 Å². The minimum absolute atomic E-state index is 0.0131. The van der Waals surface area contributed by atoms with Crippen LogP contribution < -0.4 is 10.0 Å². The molecule has 0 unspecified atom stereocenters. The summed E-state index contributed by atoms with van der Waals surface area (Å²) in [5.74, 6) is -0.805. The Hall–Kier alpha value is -5.87. The molecule has 0 aliphatic heterocycles. The van der Waals surface area contributed by atoms with E-state index in [0.717, 1.165) is 0 Å². The fraction of sp³-hybridized carbons (Fsp3) is 0. The first-order valence-electron chi connectivity index (χ1n) is 13.6. The number of carbonyl (C=O) groups excluding carboxylic acids is 2. The number of hydrogen-bond acceptors (Lipinski definition) is 6. The minimum atomic E-state index is -3.91. The lowest BCUT2D eigenvalue weighted by atomic mass is 9.97. The van der Waals surface area contributed by atoms with Gasteiger partial charge in [0.25, 0.3) is 15.9 Å². The van der Waals surface area contributed by atoms with E-state index in [-0.39, 0.29) is 27.8 Å². The van der Waals surface area contributed by atoms with Crippen LogP contribution >= 0.6 is 0 Å². The van der Waals surface area contributed by atoms with Crippen LogP contribution in [-0.2, 0) is 10.0 Å². The van der Waals surface area contributed by atoms with E-state index in [1.807, 2.05) is 66.7 Å². The number of benzene rings is 4. The average Bonchev–Trinajstić information content (AvgIpc) is 3.47. The summed E-state index contributed by atoms with van der Waals surface area (Å²) in [5, 5.41) is 7.46. The smallest absolute Gasteiger partial charge is 0.276 e. The SMILES string of the molecule is O=C(Nc1ccc(S(=O)(=O)Nc2ccccn2)cc1)c1nn(-c2ccccc2)c(-c2ccccc2)c1C(=O)c1ccccc1. The first-order chi connectivity index (χ1) is 21.4. The molecular weight excluding hydrogens is 574 g/mol. The Morgan fingerprint density at radius 3 is 1.93 bits per heavy atom. The highest BCUT2D eigenvalue weighted by Crippen LogP contribution is 2.32. The summed E-state index contributed by atoms with van der Waals surface area (Å²) in [7, 11) is -3.91. The molecule has 44 heavy (non-hydrogen) atoms. The van der Waals surface area contributed by atoms with Gasteiger partial charge in [-0.3, -0.25) is 14.3 Å². The monoisotopic (exact) mass is 599 g/mol. The maximum absolute atomic E-state index is 14.1. The molecular formula is C34H25N5O4S. The van der Waals surface area contributed by atoms with Gasteiger partial charge in [0.2, 0.25) is 0 Å². The molecule has 0 radical (unpaired) electrons. The molecule has 6 aromatic rings. The minimum Gasteiger partial charge on any atom is -0.321 e. The number of aromatic nitrogens is 3. The highest BCUT2D eigenvalue weighted by atomic mass is 32.2. The summed E-state index contributed by atoms with van der Waals surface area (Å²) >= 11 is 0. The normalized spacial score (nSPS) is 11.1. The van der Waals surface area contributed by atoms with Crippen molar-refractivity contribution >= 4 is 33.2 Å². The van der Waals surface area contributed by atoms with E-state index in [2.05, 4.69) is 20.1 Å². The molecule has 2 aromatic heterocycles. The van der Waals surface area contributed by atoms with Gasteiger partial charge in [-0.05, 0) is 48.5 Å². The maximum Gasteiger partial charge on any atom is 0.276 e. The van der Waals surface area contributed by atoms with Crippen molar-refractivity contribution in [2.75, 3.05) is 10.0 Å². The second-order valence-corrected chi connectivity index (χ2v) is 11.4. The van der Waals surface area contributed by atoms with Crippen LogP contribution in [0, 0.1) is 0 Å². The number of hydrogen-bond donors (Lipinski definition) is 2. The highest BCUT2D eigenvalue weighted by molar-refractivity contribution is 7.92. The van der Waals surface area contributed by atoms with E-state index < -0.39 is 15.9 Å². The number of rotatable bonds is 9. The summed E-state index contributed by atoms with van der Waals surface area (Å²) < 4.78 is 29.7. The molecule has 2 N–H and O–H groups in total. The number of nitrogens with one attached hydrogen (secondary N) is 2. The van der Waals surface area contributed by atoms with E-state index in [1.165, 1.54) is 30.5 Å². The Labute approximate surface area is 253 Å². The molecule has 4 aromatic carbocycles. The zero-order chi connectivity index (χ0) is 30.5.